The average molecular weight is 324 g/mol. The maximum absolute atomic E-state index is 11.9. The van der Waals surface area contributed by atoms with Crippen molar-refractivity contribution < 1.29 is 9.72 Å². The number of nitro benzene ring substituents is 1. The predicted molar refractivity (Wildman–Crippen MR) is 86.4 cm³/mol. The normalized spacial score (nSPS) is 11.0. The number of hydrogen-bond donors (Lipinski definition) is 1. The van der Waals surface area contributed by atoms with E-state index in [9.17, 15) is 14.9 Å². The number of carbonyl (C=O) groups excluding carboxylic acids is 1. The van der Waals surface area contributed by atoms with Crippen LogP contribution in [0.15, 0.2) is 53.6 Å². The second-order valence-corrected chi connectivity index (χ2v) is 4.88. The quantitative estimate of drug-likeness (QED) is 0.434. The van der Waals surface area contributed by atoms with Crippen LogP contribution in [0.1, 0.15) is 5.56 Å². The Hall–Kier alpha value is -3.62. The second-order valence-electron chi connectivity index (χ2n) is 4.88. The lowest BCUT2D eigenvalue weighted by atomic mass is 10.2. The zero-order chi connectivity index (χ0) is 16.9. The molecule has 0 saturated heterocycles. The summed E-state index contributed by atoms with van der Waals surface area (Å²) in [5, 5.41) is 22.3. The van der Waals surface area contributed by atoms with Gasteiger partial charge in [0.25, 0.3) is 11.6 Å². The molecule has 24 heavy (non-hydrogen) atoms. The van der Waals surface area contributed by atoms with Crippen LogP contribution < -0.4 is 5.43 Å². The third kappa shape index (κ3) is 3.40. The Labute approximate surface area is 135 Å². The Bertz CT molecular complexity index is 916. The molecule has 0 aliphatic carbocycles. The molecule has 1 N–H and O–H groups in total. The number of nitro groups is 1. The van der Waals surface area contributed by atoms with Crippen LogP contribution in [0.3, 0.4) is 0 Å². The number of para-hydroxylation sites is 1. The molecule has 0 unspecified atom stereocenters. The summed E-state index contributed by atoms with van der Waals surface area (Å²) in [7, 11) is 0. The van der Waals surface area contributed by atoms with Crippen molar-refractivity contribution in [2.45, 2.75) is 6.54 Å². The van der Waals surface area contributed by atoms with Crippen molar-refractivity contribution in [3.63, 3.8) is 0 Å². The summed E-state index contributed by atoms with van der Waals surface area (Å²) in [5.74, 6) is -0.358. The first-order chi connectivity index (χ1) is 11.6. The Morgan fingerprint density at radius 3 is 2.75 bits per heavy atom. The van der Waals surface area contributed by atoms with Gasteiger partial charge in [0, 0.05) is 12.1 Å². The molecule has 3 rings (SSSR count). The molecule has 0 spiro atoms. The molecule has 0 fully saturated rings. The van der Waals surface area contributed by atoms with Crippen LogP contribution in [0, 0.1) is 10.1 Å². The van der Waals surface area contributed by atoms with Gasteiger partial charge in [-0.15, -0.1) is 5.10 Å². The van der Waals surface area contributed by atoms with Crippen LogP contribution in [0.2, 0.25) is 0 Å². The number of aromatic nitrogens is 3. The summed E-state index contributed by atoms with van der Waals surface area (Å²) in [6.45, 7) is -0.0158. The summed E-state index contributed by atoms with van der Waals surface area (Å²) in [6, 6.07) is 13.1. The van der Waals surface area contributed by atoms with E-state index in [1.807, 2.05) is 24.3 Å². The molecule has 0 bridgehead atoms. The van der Waals surface area contributed by atoms with Crippen LogP contribution in [0.25, 0.3) is 11.0 Å². The molecule has 9 heteroatoms. The molecular formula is C15H12N6O3. The number of hydrogen-bond acceptors (Lipinski definition) is 6. The number of amides is 1. The number of nitrogens with one attached hydrogen (secondary N) is 1. The SMILES string of the molecule is O=C(Cn1nnc2ccccc21)N/N=C\c1ccc([N+](=O)[O-])cc1. The van der Waals surface area contributed by atoms with Gasteiger partial charge in [0.15, 0.2) is 0 Å². The molecule has 2 aromatic carbocycles. The third-order valence-electron chi connectivity index (χ3n) is 3.22. The van der Waals surface area contributed by atoms with Gasteiger partial charge in [-0.1, -0.05) is 17.3 Å². The highest BCUT2D eigenvalue weighted by molar-refractivity contribution is 5.83. The fourth-order valence-electron chi connectivity index (χ4n) is 2.07. The minimum absolute atomic E-state index is 0.00533. The minimum atomic E-state index is -0.481. The molecule has 0 aliphatic heterocycles. The number of benzene rings is 2. The second kappa shape index (κ2) is 6.65. The number of nitrogens with zero attached hydrogens (tertiary/aromatic N) is 5. The molecule has 0 aliphatic rings. The lowest BCUT2D eigenvalue weighted by molar-refractivity contribution is -0.384. The van der Waals surface area contributed by atoms with E-state index in [0.717, 1.165) is 5.52 Å². The van der Waals surface area contributed by atoms with Crippen molar-refractivity contribution >= 4 is 28.8 Å². The van der Waals surface area contributed by atoms with Gasteiger partial charge in [-0.3, -0.25) is 14.9 Å². The van der Waals surface area contributed by atoms with E-state index in [2.05, 4.69) is 20.8 Å². The smallest absolute Gasteiger partial charge is 0.269 e. The van der Waals surface area contributed by atoms with Gasteiger partial charge in [-0.05, 0) is 29.8 Å². The molecule has 9 nitrogen and oxygen atoms in total. The van der Waals surface area contributed by atoms with E-state index >= 15 is 0 Å². The number of rotatable bonds is 5. The number of hydrazone groups is 1. The van der Waals surface area contributed by atoms with Gasteiger partial charge < -0.3 is 0 Å². The van der Waals surface area contributed by atoms with E-state index < -0.39 is 4.92 Å². The van der Waals surface area contributed by atoms with Gasteiger partial charge in [-0.25, -0.2) is 10.1 Å². The number of non-ortho nitro benzene ring substituents is 1. The van der Waals surface area contributed by atoms with Crippen molar-refractivity contribution in [3.05, 3.63) is 64.2 Å². The average Bonchev–Trinajstić information content (AvgIpc) is 2.98. The maximum atomic E-state index is 11.9. The van der Waals surface area contributed by atoms with Gasteiger partial charge in [0.05, 0.1) is 16.7 Å². The molecular weight excluding hydrogens is 312 g/mol. The van der Waals surface area contributed by atoms with Crippen molar-refractivity contribution in [1.29, 1.82) is 0 Å². The van der Waals surface area contributed by atoms with Crippen LogP contribution in [0.5, 0.6) is 0 Å². The molecule has 0 radical (unpaired) electrons. The topological polar surface area (TPSA) is 115 Å². The Balaban J connectivity index is 1.60. The lowest BCUT2D eigenvalue weighted by Crippen LogP contribution is -2.23. The number of carbonyl (C=O) groups is 1. The molecule has 0 saturated carbocycles. The Morgan fingerprint density at radius 2 is 2.00 bits per heavy atom. The van der Waals surface area contributed by atoms with Crippen LogP contribution in [0.4, 0.5) is 5.69 Å². The number of fused-ring (bicyclic) bond motifs is 1. The van der Waals surface area contributed by atoms with Crippen LogP contribution in [-0.4, -0.2) is 32.0 Å². The first kappa shape index (κ1) is 15.3. The predicted octanol–water partition coefficient (Wildman–Crippen LogP) is 1.49. The molecule has 120 valence electrons. The molecule has 1 aromatic heterocycles. The highest BCUT2D eigenvalue weighted by Gasteiger charge is 2.07. The first-order valence-corrected chi connectivity index (χ1v) is 6.98. The molecule has 3 aromatic rings. The fraction of sp³-hybridized carbons (Fsp3) is 0.0667. The zero-order valence-electron chi connectivity index (χ0n) is 12.4. The monoisotopic (exact) mass is 324 g/mol. The maximum Gasteiger partial charge on any atom is 0.269 e. The summed E-state index contributed by atoms with van der Waals surface area (Å²) >= 11 is 0. The molecule has 0 atom stereocenters. The Kier molecular flexibility index (Phi) is 4.23. The van der Waals surface area contributed by atoms with E-state index in [1.165, 1.54) is 23.0 Å². The standard InChI is InChI=1S/C15H12N6O3/c22-15(10-20-14-4-2-1-3-13(14)17-19-20)18-16-9-11-5-7-12(8-6-11)21(23)24/h1-9H,10H2,(H,18,22)/b16-9-. The van der Waals surface area contributed by atoms with Crippen molar-refractivity contribution in [3.8, 4) is 0 Å². The summed E-state index contributed by atoms with van der Waals surface area (Å²) in [4.78, 5) is 22.0. The largest absolute Gasteiger partial charge is 0.271 e. The first-order valence-electron chi connectivity index (χ1n) is 6.98. The summed E-state index contributed by atoms with van der Waals surface area (Å²) in [6.07, 6.45) is 1.40. The van der Waals surface area contributed by atoms with Gasteiger partial charge in [0.2, 0.25) is 0 Å². The van der Waals surface area contributed by atoms with Gasteiger partial charge in [0.1, 0.15) is 12.1 Å². The van der Waals surface area contributed by atoms with Crippen molar-refractivity contribution in [2.75, 3.05) is 0 Å². The third-order valence-corrected chi connectivity index (χ3v) is 3.22. The lowest BCUT2D eigenvalue weighted by Gasteiger charge is -2.01. The fourth-order valence-corrected chi connectivity index (χ4v) is 2.07. The van der Waals surface area contributed by atoms with E-state index in [4.69, 9.17) is 0 Å². The van der Waals surface area contributed by atoms with E-state index in [1.54, 1.807) is 12.1 Å². The van der Waals surface area contributed by atoms with Gasteiger partial charge in [-0.2, -0.15) is 5.10 Å². The van der Waals surface area contributed by atoms with Crippen molar-refractivity contribution in [1.82, 2.24) is 20.4 Å². The zero-order valence-corrected chi connectivity index (χ0v) is 12.4. The van der Waals surface area contributed by atoms with Gasteiger partial charge >= 0.3 is 0 Å². The van der Waals surface area contributed by atoms with Crippen LogP contribution in [-0.2, 0) is 11.3 Å². The van der Waals surface area contributed by atoms with Crippen molar-refractivity contribution in [2.24, 2.45) is 5.10 Å². The summed E-state index contributed by atoms with van der Waals surface area (Å²) < 4.78 is 1.48. The summed E-state index contributed by atoms with van der Waals surface area (Å²) in [5.41, 5.74) is 4.47. The molecule has 1 amide bonds. The van der Waals surface area contributed by atoms with E-state index in [0.29, 0.717) is 11.1 Å². The van der Waals surface area contributed by atoms with Crippen LogP contribution >= 0.6 is 0 Å². The Morgan fingerprint density at radius 1 is 1.25 bits per heavy atom. The minimum Gasteiger partial charge on any atom is -0.271 e. The molecule has 1 heterocycles. The highest BCUT2D eigenvalue weighted by atomic mass is 16.6. The van der Waals surface area contributed by atoms with E-state index in [-0.39, 0.29) is 18.1 Å². The highest BCUT2D eigenvalue weighted by Crippen LogP contribution is 2.11.